The van der Waals surface area contributed by atoms with Gasteiger partial charge in [-0.15, -0.1) is 0 Å². The number of thioether (sulfide) groups is 1. The number of hydrogen-bond donors (Lipinski definition) is 1. The number of rotatable bonds is 9. The smallest absolute Gasteiger partial charge is 0.325 e. The minimum atomic E-state index is -0.447. The number of hydrogen-bond acceptors (Lipinski definition) is 5. The summed E-state index contributed by atoms with van der Waals surface area (Å²) in [5.74, 6) is -0.247. The quantitative estimate of drug-likeness (QED) is 0.632. The van der Waals surface area contributed by atoms with Crippen LogP contribution in [0.4, 0.5) is 4.79 Å². The molecular weight excluding hydrogens is 372 g/mol. The molecule has 28 heavy (non-hydrogen) atoms. The number of amidine groups is 1. The Morgan fingerprint density at radius 2 is 1.71 bits per heavy atom. The molecule has 1 N–H and O–H groups in total. The highest BCUT2D eigenvalue weighted by molar-refractivity contribution is 8.13. The number of urea groups is 1. The maximum absolute atomic E-state index is 12.6. The topological polar surface area (TPSA) is 65.0 Å². The van der Waals surface area contributed by atoms with E-state index in [9.17, 15) is 9.59 Å². The molecule has 2 heterocycles. The van der Waals surface area contributed by atoms with Crippen molar-refractivity contribution < 1.29 is 9.59 Å². The summed E-state index contributed by atoms with van der Waals surface area (Å²) >= 11 is 1.56. The van der Waals surface area contributed by atoms with E-state index in [-0.39, 0.29) is 11.9 Å². The van der Waals surface area contributed by atoms with Gasteiger partial charge in [0.1, 0.15) is 0 Å². The minimum absolute atomic E-state index is 0.247. The number of nitrogens with zero attached hydrogens (tertiary/aromatic N) is 3. The van der Waals surface area contributed by atoms with Crippen molar-refractivity contribution in [3.05, 3.63) is 30.3 Å². The van der Waals surface area contributed by atoms with Gasteiger partial charge in [0, 0.05) is 18.5 Å². The number of amides is 3. The van der Waals surface area contributed by atoms with Crippen LogP contribution >= 0.6 is 11.8 Å². The number of unbranched alkanes of at least 4 members (excludes halogenated alkanes) is 6. The SMILES string of the molecule is CCCCCCCCCN1C(Sc2ccccc2)=NC2C1C(=O)NC(=O)N2C. The summed E-state index contributed by atoms with van der Waals surface area (Å²) in [6.45, 7) is 3.01. The zero-order valence-electron chi connectivity index (χ0n) is 16.8. The van der Waals surface area contributed by atoms with Crippen LogP contribution in [0.1, 0.15) is 51.9 Å². The zero-order chi connectivity index (χ0) is 19.9. The maximum Gasteiger partial charge on any atom is 0.325 e. The summed E-state index contributed by atoms with van der Waals surface area (Å²) < 4.78 is 0. The van der Waals surface area contributed by atoms with Gasteiger partial charge in [-0.25, -0.2) is 9.79 Å². The van der Waals surface area contributed by atoms with Crippen LogP contribution in [0.15, 0.2) is 40.2 Å². The first-order valence-electron chi connectivity index (χ1n) is 10.3. The van der Waals surface area contributed by atoms with Gasteiger partial charge in [0.25, 0.3) is 5.91 Å². The Hall–Kier alpha value is -2.02. The third-order valence-corrected chi connectivity index (χ3v) is 6.31. The number of nitrogens with one attached hydrogen (secondary N) is 1. The van der Waals surface area contributed by atoms with Crippen LogP contribution in [0, 0.1) is 0 Å². The van der Waals surface area contributed by atoms with Gasteiger partial charge in [0.2, 0.25) is 0 Å². The van der Waals surface area contributed by atoms with E-state index in [1.54, 1.807) is 18.8 Å². The van der Waals surface area contributed by atoms with Crippen molar-refractivity contribution in [3.8, 4) is 0 Å². The minimum Gasteiger partial charge on any atom is -0.335 e. The van der Waals surface area contributed by atoms with Gasteiger partial charge >= 0.3 is 6.03 Å². The fourth-order valence-corrected chi connectivity index (χ4v) is 4.64. The van der Waals surface area contributed by atoms with Crippen molar-refractivity contribution in [3.63, 3.8) is 0 Å². The molecule has 1 saturated heterocycles. The first-order chi connectivity index (χ1) is 13.6. The standard InChI is InChI=1S/C21H30N4O2S/c1-3-4-5-6-7-8-12-15-25-17-18(24(2)20(27)23-19(17)26)22-21(25)28-16-13-10-9-11-14-16/h9-11,13-14,17-18H,3-8,12,15H2,1-2H3,(H,23,26,27). The Balaban J connectivity index is 1.66. The first kappa shape index (κ1) is 20.7. The van der Waals surface area contributed by atoms with Crippen molar-refractivity contribution in [2.75, 3.05) is 13.6 Å². The lowest BCUT2D eigenvalue weighted by Gasteiger charge is -2.36. The fourth-order valence-electron chi connectivity index (χ4n) is 3.65. The largest absolute Gasteiger partial charge is 0.335 e. The summed E-state index contributed by atoms with van der Waals surface area (Å²) in [7, 11) is 1.70. The van der Waals surface area contributed by atoms with Crippen molar-refractivity contribution in [2.45, 2.75) is 69.0 Å². The molecule has 1 aromatic carbocycles. The van der Waals surface area contributed by atoms with E-state index in [2.05, 4.69) is 17.1 Å². The third-order valence-electron chi connectivity index (χ3n) is 5.28. The molecule has 0 spiro atoms. The van der Waals surface area contributed by atoms with Gasteiger partial charge in [-0.1, -0.05) is 75.4 Å². The molecule has 0 aromatic heterocycles. The molecule has 1 aromatic rings. The lowest BCUT2D eigenvalue weighted by molar-refractivity contribution is -0.127. The van der Waals surface area contributed by atoms with Gasteiger partial charge in [0.05, 0.1) is 0 Å². The van der Waals surface area contributed by atoms with Crippen LogP contribution in [-0.2, 0) is 4.79 Å². The van der Waals surface area contributed by atoms with E-state index in [4.69, 9.17) is 4.99 Å². The van der Waals surface area contributed by atoms with Gasteiger partial charge in [-0.05, 0) is 18.6 Å². The number of likely N-dealkylation sites (N-methyl/N-ethyl adjacent to an activating group) is 1. The zero-order valence-corrected chi connectivity index (χ0v) is 17.6. The molecule has 2 atom stereocenters. The second-order valence-corrected chi connectivity index (χ2v) is 8.45. The second kappa shape index (κ2) is 9.96. The second-order valence-electron chi connectivity index (χ2n) is 7.41. The van der Waals surface area contributed by atoms with Gasteiger partial charge in [-0.3, -0.25) is 10.1 Å². The van der Waals surface area contributed by atoms with Crippen molar-refractivity contribution in [1.82, 2.24) is 15.1 Å². The molecule has 1 fully saturated rings. The Labute approximate surface area is 171 Å². The average molecular weight is 403 g/mol. The van der Waals surface area contributed by atoms with Crippen molar-refractivity contribution in [2.24, 2.45) is 4.99 Å². The number of fused-ring (bicyclic) bond motifs is 1. The van der Waals surface area contributed by atoms with Crippen LogP contribution in [0.2, 0.25) is 0 Å². The Morgan fingerprint density at radius 1 is 1.04 bits per heavy atom. The predicted molar refractivity (Wildman–Crippen MR) is 113 cm³/mol. The van der Waals surface area contributed by atoms with E-state index < -0.39 is 12.2 Å². The highest BCUT2D eigenvalue weighted by atomic mass is 32.2. The Kier molecular flexibility index (Phi) is 7.36. The maximum atomic E-state index is 12.6. The van der Waals surface area contributed by atoms with E-state index in [1.807, 2.05) is 30.3 Å². The van der Waals surface area contributed by atoms with E-state index >= 15 is 0 Å². The van der Waals surface area contributed by atoms with Crippen LogP contribution in [0.25, 0.3) is 0 Å². The highest BCUT2D eigenvalue weighted by Gasteiger charge is 2.48. The summed E-state index contributed by atoms with van der Waals surface area (Å²) in [6, 6.07) is 9.23. The number of carbonyl (C=O) groups is 2. The monoisotopic (exact) mass is 402 g/mol. The number of aliphatic imine (C=N–C) groups is 1. The van der Waals surface area contributed by atoms with E-state index in [0.717, 1.165) is 29.4 Å². The fraction of sp³-hybridized carbons (Fsp3) is 0.571. The summed E-state index contributed by atoms with van der Waals surface area (Å²) in [5.41, 5.74) is 0. The van der Waals surface area contributed by atoms with Gasteiger partial charge in [-0.2, -0.15) is 0 Å². The molecule has 0 radical (unpaired) electrons. The van der Waals surface area contributed by atoms with Crippen LogP contribution in [-0.4, -0.2) is 52.7 Å². The molecule has 152 valence electrons. The molecule has 0 bridgehead atoms. The number of imide groups is 1. The lowest BCUT2D eigenvalue weighted by atomic mass is 10.1. The molecule has 2 unspecified atom stereocenters. The molecule has 2 aliphatic heterocycles. The summed E-state index contributed by atoms with van der Waals surface area (Å²) in [4.78, 5) is 34.0. The first-order valence-corrected chi connectivity index (χ1v) is 11.1. The molecule has 3 rings (SSSR count). The van der Waals surface area contributed by atoms with Crippen molar-refractivity contribution >= 4 is 28.9 Å². The molecular formula is C21H30N4O2S. The van der Waals surface area contributed by atoms with E-state index in [0.29, 0.717) is 0 Å². The number of benzene rings is 1. The average Bonchev–Trinajstić information content (AvgIpc) is 3.05. The molecule has 2 aliphatic rings. The van der Waals surface area contributed by atoms with Gasteiger partial charge < -0.3 is 9.80 Å². The molecule has 3 amide bonds. The predicted octanol–water partition coefficient (Wildman–Crippen LogP) is 4.08. The molecule has 7 heteroatoms. The molecule has 0 aliphatic carbocycles. The molecule has 0 saturated carbocycles. The van der Waals surface area contributed by atoms with Crippen LogP contribution in [0.3, 0.4) is 0 Å². The van der Waals surface area contributed by atoms with Crippen LogP contribution < -0.4 is 5.32 Å². The summed E-state index contributed by atoms with van der Waals surface area (Å²) in [5, 5.41) is 3.29. The Bertz CT molecular complexity index is 710. The Morgan fingerprint density at radius 3 is 2.43 bits per heavy atom. The number of carbonyl (C=O) groups excluding carboxylic acids is 2. The van der Waals surface area contributed by atoms with Crippen molar-refractivity contribution in [1.29, 1.82) is 0 Å². The van der Waals surface area contributed by atoms with Crippen LogP contribution in [0.5, 0.6) is 0 Å². The molecule has 6 nitrogen and oxygen atoms in total. The summed E-state index contributed by atoms with van der Waals surface area (Å²) in [6.07, 6.45) is 8.09. The normalized spacial score (nSPS) is 21.6. The van der Waals surface area contributed by atoms with E-state index in [1.165, 1.54) is 37.0 Å². The lowest BCUT2D eigenvalue weighted by Crippen LogP contribution is -2.63. The van der Waals surface area contributed by atoms with Gasteiger partial charge in [0.15, 0.2) is 17.4 Å². The third kappa shape index (κ3) is 4.87. The highest BCUT2D eigenvalue weighted by Crippen LogP contribution is 2.32.